The van der Waals surface area contributed by atoms with Crippen molar-refractivity contribution in [1.82, 2.24) is 14.5 Å². The van der Waals surface area contributed by atoms with Gasteiger partial charge in [-0.25, -0.2) is 13.7 Å². The van der Waals surface area contributed by atoms with Gasteiger partial charge in [0.1, 0.15) is 11.1 Å². The van der Waals surface area contributed by atoms with Gasteiger partial charge in [-0.1, -0.05) is 0 Å². The summed E-state index contributed by atoms with van der Waals surface area (Å²) in [4.78, 5) is 4.68. The van der Waals surface area contributed by atoms with Crippen LogP contribution in [0.5, 0.6) is 0 Å². The standard InChI is InChI=1S/C18H19FN5O2PS/c1-13-16-17(24(22-13)8-2-7-20)21-18(14-3-5-15(19)6-4-14)26-27(16,28)23-9-11-25-12-10-23/h3-6H,2,8-12H2,1H3. The van der Waals surface area contributed by atoms with E-state index in [1.807, 2.05) is 6.92 Å². The van der Waals surface area contributed by atoms with Crippen LogP contribution in [0.2, 0.25) is 0 Å². The third-order valence-electron chi connectivity index (χ3n) is 4.66. The smallest absolute Gasteiger partial charge is 0.227 e. The fourth-order valence-electron chi connectivity index (χ4n) is 3.32. The SMILES string of the molecule is Cc1nn(CCC#N)c2c1P(=S)(N1CCOCC1)OC(c1ccc(F)cc1)=N2. The average Bonchev–Trinajstić information content (AvgIpc) is 3.04. The van der Waals surface area contributed by atoms with E-state index in [1.165, 1.54) is 12.1 Å². The number of benzene rings is 1. The first-order valence-electron chi connectivity index (χ1n) is 8.95. The number of aryl methyl sites for hydroxylation is 2. The van der Waals surface area contributed by atoms with Gasteiger partial charge in [0.25, 0.3) is 0 Å². The minimum absolute atomic E-state index is 0.316. The third kappa shape index (κ3) is 3.38. The molecule has 0 spiro atoms. The van der Waals surface area contributed by atoms with Gasteiger partial charge in [0, 0.05) is 18.7 Å². The molecule has 1 unspecified atom stereocenters. The minimum atomic E-state index is -2.67. The summed E-state index contributed by atoms with van der Waals surface area (Å²) in [5.74, 6) is 0.664. The quantitative estimate of drug-likeness (QED) is 0.710. The number of fused-ring (bicyclic) bond motifs is 1. The average molecular weight is 419 g/mol. The van der Waals surface area contributed by atoms with Gasteiger partial charge >= 0.3 is 0 Å². The fourth-order valence-corrected chi connectivity index (χ4v) is 7.09. The lowest BCUT2D eigenvalue weighted by atomic mass is 10.2. The van der Waals surface area contributed by atoms with Crippen LogP contribution in [-0.4, -0.2) is 46.7 Å². The number of nitrogens with zero attached hydrogens (tertiary/aromatic N) is 5. The van der Waals surface area contributed by atoms with Gasteiger partial charge < -0.3 is 9.26 Å². The number of morpholine rings is 1. The zero-order valence-electron chi connectivity index (χ0n) is 15.3. The van der Waals surface area contributed by atoms with Crippen molar-refractivity contribution in [3.63, 3.8) is 0 Å². The second kappa shape index (κ2) is 7.72. The Kier molecular flexibility index (Phi) is 5.30. The molecule has 0 saturated carbocycles. The Morgan fingerprint density at radius 2 is 2.00 bits per heavy atom. The van der Waals surface area contributed by atoms with Crippen LogP contribution in [-0.2, 0) is 27.6 Å². The Morgan fingerprint density at radius 3 is 2.68 bits per heavy atom. The molecule has 1 aromatic carbocycles. The molecule has 1 saturated heterocycles. The highest BCUT2D eigenvalue weighted by molar-refractivity contribution is 8.15. The summed E-state index contributed by atoms with van der Waals surface area (Å²) < 4.78 is 29.1. The summed E-state index contributed by atoms with van der Waals surface area (Å²) in [6.07, 6.45) is -2.35. The molecule has 10 heteroatoms. The van der Waals surface area contributed by atoms with Crippen LogP contribution in [0.25, 0.3) is 0 Å². The van der Waals surface area contributed by atoms with E-state index < -0.39 is 6.42 Å². The molecule has 2 aliphatic rings. The summed E-state index contributed by atoms with van der Waals surface area (Å²) in [6.45, 7) is 4.81. The van der Waals surface area contributed by atoms with E-state index in [0.717, 1.165) is 11.0 Å². The van der Waals surface area contributed by atoms with Gasteiger partial charge in [-0.05, 0) is 43.0 Å². The van der Waals surface area contributed by atoms with Crippen LogP contribution in [0.15, 0.2) is 29.3 Å². The van der Waals surface area contributed by atoms with Gasteiger partial charge in [-0.2, -0.15) is 15.4 Å². The molecule has 0 N–H and O–H groups in total. The summed E-state index contributed by atoms with van der Waals surface area (Å²) in [7, 11) is 0. The molecular weight excluding hydrogens is 400 g/mol. The number of aromatic nitrogens is 2. The highest BCUT2D eigenvalue weighted by Gasteiger charge is 2.41. The highest BCUT2D eigenvalue weighted by atomic mass is 32.4. The molecule has 0 amide bonds. The van der Waals surface area contributed by atoms with Crippen LogP contribution in [0, 0.1) is 24.1 Å². The Hall–Kier alpha value is -2.11. The summed E-state index contributed by atoms with van der Waals surface area (Å²) in [6, 6.07) is 8.13. The number of aliphatic imine (C=N–C) groups is 1. The lowest BCUT2D eigenvalue weighted by Crippen LogP contribution is -2.39. The number of rotatable bonds is 4. The predicted octanol–water partition coefficient (Wildman–Crippen LogP) is 2.62. The topological polar surface area (TPSA) is 75.7 Å². The second-order valence-electron chi connectivity index (χ2n) is 6.49. The van der Waals surface area contributed by atoms with E-state index in [0.29, 0.717) is 56.5 Å². The van der Waals surface area contributed by atoms with Crippen molar-refractivity contribution in [1.29, 1.82) is 5.26 Å². The van der Waals surface area contributed by atoms with E-state index in [9.17, 15) is 4.39 Å². The predicted molar refractivity (Wildman–Crippen MR) is 107 cm³/mol. The fraction of sp³-hybridized carbons (Fsp3) is 0.389. The maximum Gasteiger partial charge on any atom is 0.227 e. The zero-order chi connectivity index (χ0) is 19.7. The van der Waals surface area contributed by atoms with Gasteiger partial charge in [0.05, 0.1) is 37.9 Å². The van der Waals surface area contributed by atoms with Gasteiger partial charge in [0.2, 0.25) is 12.3 Å². The van der Waals surface area contributed by atoms with E-state index in [4.69, 9.17) is 26.3 Å². The van der Waals surface area contributed by atoms with Crippen molar-refractivity contribution in [2.24, 2.45) is 4.99 Å². The maximum absolute atomic E-state index is 13.4. The van der Waals surface area contributed by atoms with Gasteiger partial charge in [-0.15, -0.1) is 0 Å². The largest absolute Gasteiger partial charge is 0.431 e. The molecule has 0 aliphatic carbocycles. The van der Waals surface area contributed by atoms with Gasteiger partial charge in [0.15, 0.2) is 5.82 Å². The van der Waals surface area contributed by atoms with Crippen LogP contribution in [0.3, 0.4) is 0 Å². The number of hydrogen-bond donors (Lipinski definition) is 0. The van der Waals surface area contributed by atoms with E-state index in [2.05, 4.69) is 20.8 Å². The molecule has 0 bridgehead atoms. The Labute approximate surface area is 167 Å². The first kappa shape index (κ1) is 19.2. The normalized spacial score (nSPS) is 22.1. The first-order chi connectivity index (χ1) is 13.5. The monoisotopic (exact) mass is 419 g/mol. The lowest BCUT2D eigenvalue weighted by molar-refractivity contribution is 0.0723. The van der Waals surface area contributed by atoms with Crippen LogP contribution in [0.1, 0.15) is 17.7 Å². The van der Waals surface area contributed by atoms with E-state index >= 15 is 0 Å². The zero-order valence-corrected chi connectivity index (χ0v) is 17.0. The van der Waals surface area contributed by atoms with Crippen molar-refractivity contribution in [3.8, 4) is 6.07 Å². The Bertz CT molecular complexity index is 1010. The molecule has 1 aromatic heterocycles. The molecule has 1 atom stereocenters. The highest BCUT2D eigenvalue weighted by Crippen LogP contribution is 2.56. The van der Waals surface area contributed by atoms with Crippen molar-refractivity contribution in [2.75, 3.05) is 26.3 Å². The molecule has 0 radical (unpaired) electrons. The third-order valence-corrected chi connectivity index (χ3v) is 8.77. The molecule has 4 rings (SSSR count). The number of nitriles is 1. The number of halogens is 1. The molecule has 3 heterocycles. The molecule has 1 fully saturated rings. The summed E-state index contributed by atoms with van der Waals surface area (Å²) in [5.41, 5.74) is 1.42. The van der Waals surface area contributed by atoms with Gasteiger partial charge in [-0.3, -0.25) is 0 Å². The Morgan fingerprint density at radius 1 is 1.29 bits per heavy atom. The molecule has 28 heavy (non-hydrogen) atoms. The minimum Gasteiger partial charge on any atom is -0.431 e. The van der Waals surface area contributed by atoms with Crippen molar-refractivity contribution < 1.29 is 13.7 Å². The maximum atomic E-state index is 13.4. The Balaban J connectivity index is 1.85. The molecule has 2 aliphatic heterocycles. The number of ether oxygens (including phenoxy) is 1. The summed E-state index contributed by atoms with van der Waals surface area (Å²) >= 11 is 6.13. The summed E-state index contributed by atoms with van der Waals surface area (Å²) in [5, 5.41) is 14.4. The van der Waals surface area contributed by atoms with Crippen molar-refractivity contribution in [3.05, 3.63) is 41.3 Å². The van der Waals surface area contributed by atoms with Crippen LogP contribution < -0.4 is 5.30 Å². The van der Waals surface area contributed by atoms with E-state index in [-0.39, 0.29) is 5.82 Å². The second-order valence-corrected chi connectivity index (χ2v) is 10.2. The molecule has 146 valence electrons. The van der Waals surface area contributed by atoms with Crippen LogP contribution in [0.4, 0.5) is 10.2 Å². The van der Waals surface area contributed by atoms with E-state index in [1.54, 1.807) is 16.8 Å². The molecular formula is C18H19FN5O2PS. The molecule has 7 nitrogen and oxygen atoms in total. The number of hydrogen-bond acceptors (Lipinski definition) is 6. The first-order valence-corrected chi connectivity index (χ1v) is 11.6. The lowest BCUT2D eigenvalue weighted by Gasteiger charge is -2.38. The van der Waals surface area contributed by atoms with Crippen molar-refractivity contribution >= 4 is 35.2 Å². The van der Waals surface area contributed by atoms with Crippen molar-refractivity contribution in [2.45, 2.75) is 19.9 Å². The van der Waals surface area contributed by atoms with Crippen LogP contribution >= 0.6 is 6.42 Å². The molecule has 2 aromatic rings.